The Bertz CT molecular complexity index is 660. The summed E-state index contributed by atoms with van der Waals surface area (Å²) < 4.78 is 1.72. The van der Waals surface area contributed by atoms with Gasteiger partial charge < -0.3 is 5.32 Å². The molecule has 1 aliphatic rings. The molecule has 0 aromatic carbocycles. The monoisotopic (exact) mass is 335 g/mol. The van der Waals surface area contributed by atoms with Crippen LogP contribution in [-0.4, -0.2) is 25.6 Å². The van der Waals surface area contributed by atoms with E-state index in [4.69, 9.17) is 11.6 Å². The van der Waals surface area contributed by atoms with E-state index in [0.717, 1.165) is 29.8 Å². The minimum Gasteiger partial charge on any atom is -0.366 e. The minimum atomic E-state index is 0.451. The molecule has 126 valence electrons. The fourth-order valence-corrected chi connectivity index (χ4v) is 3.90. The zero-order valence-electron chi connectivity index (χ0n) is 14.2. The van der Waals surface area contributed by atoms with Gasteiger partial charge in [0.1, 0.15) is 11.3 Å². The Labute approximate surface area is 142 Å². The van der Waals surface area contributed by atoms with E-state index in [0.29, 0.717) is 16.8 Å². The van der Waals surface area contributed by atoms with Crippen LogP contribution >= 0.6 is 11.6 Å². The lowest BCUT2D eigenvalue weighted by atomic mass is 9.78. The molecule has 0 bridgehead atoms. The molecule has 0 radical (unpaired) electrons. The van der Waals surface area contributed by atoms with Gasteiger partial charge in [0.15, 0.2) is 5.82 Å². The van der Waals surface area contributed by atoms with Crippen molar-refractivity contribution in [1.29, 1.82) is 0 Å². The Morgan fingerprint density at radius 1 is 1.30 bits per heavy atom. The SMILES string of the molecule is CCc1nc2ncnn2c(NC2CCC(C(C)CC)CC2)c1Cl. The summed E-state index contributed by atoms with van der Waals surface area (Å²) in [6, 6.07) is 0.451. The molecule has 23 heavy (non-hydrogen) atoms. The Morgan fingerprint density at radius 2 is 2.04 bits per heavy atom. The maximum absolute atomic E-state index is 6.55. The average Bonchev–Trinajstić information content (AvgIpc) is 3.05. The fourth-order valence-electron chi connectivity index (χ4n) is 3.59. The van der Waals surface area contributed by atoms with Crippen molar-refractivity contribution in [2.24, 2.45) is 11.8 Å². The molecule has 1 fully saturated rings. The van der Waals surface area contributed by atoms with Crippen molar-refractivity contribution in [2.75, 3.05) is 5.32 Å². The fraction of sp³-hybridized carbons (Fsp3) is 0.706. The Balaban J connectivity index is 1.77. The second-order valence-electron chi connectivity index (χ2n) is 6.69. The first-order chi connectivity index (χ1) is 11.1. The van der Waals surface area contributed by atoms with Crippen molar-refractivity contribution in [1.82, 2.24) is 19.6 Å². The maximum Gasteiger partial charge on any atom is 0.254 e. The number of aryl methyl sites for hydroxylation is 1. The van der Waals surface area contributed by atoms with Crippen LogP contribution in [0.15, 0.2) is 6.33 Å². The number of halogens is 1. The highest BCUT2D eigenvalue weighted by Crippen LogP contribution is 2.34. The maximum atomic E-state index is 6.55. The lowest BCUT2D eigenvalue weighted by Gasteiger charge is -2.33. The molecule has 1 saturated carbocycles. The van der Waals surface area contributed by atoms with Crippen LogP contribution in [0.25, 0.3) is 5.78 Å². The van der Waals surface area contributed by atoms with Crippen molar-refractivity contribution >= 4 is 23.2 Å². The molecule has 0 aliphatic heterocycles. The first-order valence-electron chi connectivity index (χ1n) is 8.78. The molecule has 0 spiro atoms. The molecule has 5 nitrogen and oxygen atoms in total. The van der Waals surface area contributed by atoms with E-state index in [9.17, 15) is 0 Å². The molecule has 6 heteroatoms. The summed E-state index contributed by atoms with van der Waals surface area (Å²) in [6.45, 7) is 6.73. The second kappa shape index (κ2) is 7.04. The lowest BCUT2D eigenvalue weighted by molar-refractivity contribution is 0.247. The van der Waals surface area contributed by atoms with Gasteiger partial charge >= 0.3 is 0 Å². The van der Waals surface area contributed by atoms with Gasteiger partial charge in [-0.05, 0) is 43.9 Å². The highest BCUT2D eigenvalue weighted by atomic mass is 35.5. The molecule has 1 N–H and O–H groups in total. The number of nitrogens with one attached hydrogen (secondary N) is 1. The zero-order valence-corrected chi connectivity index (χ0v) is 15.0. The third kappa shape index (κ3) is 3.30. The minimum absolute atomic E-state index is 0.451. The zero-order chi connectivity index (χ0) is 16.4. The van der Waals surface area contributed by atoms with Crippen LogP contribution in [0.2, 0.25) is 5.02 Å². The van der Waals surface area contributed by atoms with E-state index in [2.05, 4.69) is 41.2 Å². The van der Waals surface area contributed by atoms with E-state index >= 15 is 0 Å². The van der Waals surface area contributed by atoms with Crippen molar-refractivity contribution in [3.05, 3.63) is 17.0 Å². The number of hydrogen-bond donors (Lipinski definition) is 1. The molecule has 2 aromatic rings. The topological polar surface area (TPSA) is 55.1 Å². The van der Waals surface area contributed by atoms with Crippen molar-refractivity contribution in [3.63, 3.8) is 0 Å². The van der Waals surface area contributed by atoms with Crippen LogP contribution in [0.3, 0.4) is 0 Å². The quantitative estimate of drug-likeness (QED) is 0.882. The van der Waals surface area contributed by atoms with Crippen LogP contribution in [0.4, 0.5) is 5.82 Å². The summed E-state index contributed by atoms with van der Waals surface area (Å²) in [5, 5.41) is 8.57. The lowest BCUT2D eigenvalue weighted by Crippen LogP contribution is -2.29. The molecule has 3 rings (SSSR count). The smallest absolute Gasteiger partial charge is 0.254 e. The van der Waals surface area contributed by atoms with Crippen LogP contribution in [0.1, 0.15) is 58.6 Å². The van der Waals surface area contributed by atoms with Gasteiger partial charge in [0.05, 0.1) is 5.69 Å². The van der Waals surface area contributed by atoms with Crippen molar-refractivity contribution in [3.8, 4) is 0 Å². The molecule has 0 amide bonds. The molecule has 2 heterocycles. The number of aromatic nitrogens is 4. The number of hydrogen-bond acceptors (Lipinski definition) is 4. The van der Waals surface area contributed by atoms with E-state index < -0.39 is 0 Å². The van der Waals surface area contributed by atoms with Gasteiger partial charge in [-0.3, -0.25) is 0 Å². The first kappa shape index (κ1) is 16.5. The van der Waals surface area contributed by atoms with E-state index in [1.54, 1.807) is 4.52 Å². The van der Waals surface area contributed by atoms with E-state index in [1.165, 1.54) is 38.4 Å². The summed E-state index contributed by atoms with van der Waals surface area (Å²) in [7, 11) is 0. The molecular weight excluding hydrogens is 310 g/mol. The number of fused-ring (bicyclic) bond motifs is 1. The summed E-state index contributed by atoms with van der Waals surface area (Å²) in [5.74, 6) is 3.15. The van der Waals surface area contributed by atoms with Crippen molar-refractivity contribution < 1.29 is 0 Å². The molecular formula is C17H26ClN5. The first-order valence-corrected chi connectivity index (χ1v) is 9.16. The molecule has 1 unspecified atom stereocenters. The largest absolute Gasteiger partial charge is 0.366 e. The standard InChI is InChI=1S/C17H26ClN5/c1-4-11(3)12-6-8-13(9-7-12)21-16-15(18)14(5-2)22-17-19-10-20-23(16)17/h10-13,21H,4-9H2,1-3H3. The molecule has 1 aliphatic carbocycles. The summed E-state index contributed by atoms with van der Waals surface area (Å²) >= 11 is 6.55. The average molecular weight is 336 g/mol. The predicted octanol–water partition coefficient (Wildman–Crippen LogP) is 4.36. The van der Waals surface area contributed by atoms with Gasteiger partial charge in [-0.1, -0.05) is 38.8 Å². The van der Waals surface area contributed by atoms with Crippen molar-refractivity contribution in [2.45, 2.75) is 65.3 Å². The Morgan fingerprint density at radius 3 is 2.70 bits per heavy atom. The van der Waals surface area contributed by atoms with Gasteiger partial charge in [0.25, 0.3) is 5.78 Å². The van der Waals surface area contributed by atoms with E-state index in [-0.39, 0.29) is 0 Å². The Kier molecular flexibility index (Phi) is 5.05. The van der Waals surface area contributed by atoms with Gasteiger partial charge in [-0.15, -0.1) is 0 Å². The normalized spacial score (nSPS) is 23.1. The van der Waals surface area contributed by atoms with Crippen LogP contribution in [0, 0.1) is 11.8 Å². The molecule has 2 aromatic heterocycles. The van der Waals surface area contributed by atoms with Gasteiger partial charge in [0.2, 0.25) is 0 Å². The number of anilines is 1. The third-order valence-corrected chi connectivity index (χ3v) is 5.73. The van der Waals surface area contributed by atoms with E-state index in [1.807, 2.05) is 0 Å². The van der Waals surface area contributed by atoms with Crippen LogP contribution in [0.5, 0.6) is 0 Å². The second-order valence-corrected chi connectivity index (χ2v) is 7.07. The molecule has 0 saturated heterocycles. The summed E-state index contributed by atoms with van der Waals surface area (Å²) in [6.07, 6.45) is 8.54. The third-order valence-electron chi connectivity index (χ3n) is 5.33. The highest BCUT2D eigenvalue weighted by molar-refractivity contribution is 6.33. The number of nitrogens with zero attached hydrogens (tertiary/aromatic N) is 4. The molecule has 1 atom stereocenters. The van der Waals surface area contributed by atoms with Crippen LogP contribution < -0.4 is 5.32 Å². The summed E-state index contributed by atoms with van der Waals surface area (Å²) in [5.41, 5.74) is 0.878. The Hall–Kier alpha value is -1.36. The van der Waals surface area contributed by atoms with Gasteiger partial charge in [-0.2, -0.15) is 14.6 Å². The summed E-state index contributed by atoms with van der Waals surface area (Å²) in [4.78, 5) is 8.68. The highest BCUT2D eigenvalue weighted by Gasteiger charge is 2.26. The van der Waals surface area contributed by atoms with Gasteiger partial charge in [0, 0.05) is 6.04 Å². The number of rotatable bonds is 5. The predicted molar refractivity (Wildman–Crippen MR) is 94.0 cm³/mol. The van der Waals surface area contributed by atoms with Crippen LogP contribution in [-0.2, 0) is 6.42 Å². The van der Waals surface area contributed by atoms with Gasteiger partial charge in [-0.25, -0.2) is 4.98 Å².